The van der Waals surface area contributed by atoms with Crippen molar-refractivity contribution in [3.8, 4) is 0 Å². The maximum Gasteiger partial charge on any atom is 0.254 e. The van der Waals surface area contributed by atoms with Crippen LogP contribution in [0.3, 0.4) is 0 Å². The van der Waals surface area contributed by atoms with Gasteiger partial charge in [0, 0.05) is 61.6 Å². The molecule has 0 unspecified atom stereocenters. The molecule has 0 bridgehead atoms. The molecule has 0 atom stereocenters. The van der Waals surface area contributed by atoms with Crippen LogP contribution >= 0.6 is 0 Å². The number of aromatic nitrogens is 4. The average Bonchev–Trinajstić information content (AvgIpc) is 3.34. The Balaban J connectivity index is 1.33. The van der Waals surface area contributed by atoms with Crippen LogP contribution in [0.1, 0.15) is 10.4 Å². The molecule has 7 nitrogen and oxygen atoms in total. The fourth-order valence-corrected chi connectivity index (χ4v) is 3.85. The van der Waals surface area contributed by atoms with E-state index in [1.54, 1.807) is 4.68 Å². The lowest BCUT2D eigenvalue weighted by atomic mass is 10.1. The quantitative estimate of drug-likeness (QED) is 0.596. The summed E-state index contributed by atoms with van der Waals surface area (Å²) >= 11 is 0. The summed E-state index contributed by atoms with van der Waals surface area (Å²) in [5.41, 5.74) is 4.71. The highest BCUT2D eigenvalue weighted by Gasteiger charge is 2.23. The molecule has 1 aliphatic heterocycles. The molecule has 27 heavy (non-hydrogen) atoms. The van der Waals surface area contributed by atoms with Crippen LogP contribution in [-0.4, -0.2) is 57.0 Å². The number of benzene rings is 2. The molecule has 1 fully saturated rings. The summed E-state index contributed by atoms with van der Waals surface area (Å²) in [6.45, 7) is 3.06. The first kappa shape index (κ1) is 15.9. The van der Waals surface area contributed by atoms with Crippen molar-refractivity contribution in [3.05, 3.63) is 54.2 Å². The summed E-state index contributed by atoms with van der Waals surface area (Å²) < 4.78 is 1.71. The standard InChI is InChI=1S/C20H20N6O/c1-24-19-6-5-14(13-17(19)22-23-24)20(27)26-11-9-25(10-12-26)18-4-2-3-16-15(18)7-8-21-16/h2-8,13,21H,9-12H2,1H3. The largest absolute Gasteiger partial charge is 0.367 e. The van der Waals surface area contributed by atoms with Crippen molar-refractivity contribution < 1.29 is 4.79 Å². The molecule has 2 aromatic carbocycles. The van der Waals surface area contributed by atoms with Crippen molar-refractivity contribution in [3.63, 3.8) is 0 Å². The van der Waals surface area contributed by atoms with E-state index < -0.39 is 0 Å². The molecular weight excluding hydrogens is 340 g/mol. The molecule has 136 valence electrons. The molecule has 1 amide bonds. The van der Waals surface area contributed by atoms with E-state index in [1.807, 2.05) is 36.3 Å². The molecule has 1 N–H and O–H groups in total. The van der Waals surface area contributed by atoms with E-state index in [1.165, 1.54) is 11.1 Å². The van der Waals surface area contributed by atoms with Crippen LogP contribution in [0.15, 0.2) is 48.7 Å². The normalized spacial score (nSPS) is 15.0. The molecule has 1 saturated heterocycles. The number of aromatic amines is 1. The fraction of sp³-hybridized carbons (Fsp3) is 0.250. The molecule has 0 saturated carbocycles. The number of carbonyl (C=O) groups excluding carboxylic acids is 1. The Bertz CT molecular complexity index is 1140. The Morgan fingerprint density at radius 1 is 1.07 bits per heavy atom. The minimum Gasteiger partial charge on any atom is -0.367 e. The Kier molecular flexibility index (Phi) is 3.60. The first-order valence-corrected chi connectivity index (χ1v) is 9.10. The molecule has 3 heterocycles. The zero-order chi connectivity index (χ0) is 18.4. The summed E-state index contributed by atoms with van der Waals surface area (Å²) in [4.78, 5) is 20.4. The van der Waals surface area contributed by atoms with E-state index in [2.05, 4.69) is 44.5 Å². The van der Waals surface area contributed by atoms with E-state index in [0.29, 0.717) is 18.7 Å². The van der Waals surface area contributed by atoms with Crippen LogP contribution in [0, 0.1) is 0 Å². The Hall–Kier alpha value is -3.35. The van der Waals surface area contributed by atoms with Gasteiger partial charge in [0.15, 0.2) is 0 Å². The number of rotatable bonds is 2. The molecule has 0 spiro atoms. The number of hydrogen-bond donors (Lipinski definition) is 1. The minimum atomic E-state index is 0.0575. The SMILES string of the molecule is Cn1nnc2cc(C(=O)N3CCN(c4cccc5[nH]ccc45)CC3)ccc21. The Labute approximate surface area is 156 Å². The van der Waals surface area contributed by atoms with Crippen LogP contribution < -0.4 is 4.90 Å². The predicted molar refractivity (Wildman–Crippen MR) is 105 cm³/mol. The highest BCUT2D eigenvalue weighted by molar-refractivity contribution is 5.97. The number of fused-ring (bicyclic) bond motifs is 2. The third-order valence-electron chi connectivity index (χ3n) is 5.34. The van der Waals surface area contributed by atoms with Crippen LogP contribution in [-0.2, 0) is 7.05 Å². The fourth-order valence-electron chi connectivity index (χ4n) is 3.85. The second-order valence-corrected chi connectivity index (χ2v) is 6.91. The van der Waals surface area contributed by atoms with Crippen molar-refractivity contribution in [2.45, 2.75) is 0 Å². The molecule has 0 aliphatic carbocycles. The van der Waals surface area contributed by atoms with Crippen LogP contribution in [0.5, 0.6) is 0 Å². The maximum absolute atomic E-state index is 12.9. The summed E-state index contributed by atoms with van der Waals surface area (Å²) in [5.74, 6) is 0.0575. The second-order valence-electron chi connectivity index (χ2n) is 6.91. The van der Waals surface area contributed by atoms with E-state index in [4.69, 9.17) is 0 Å². The lowest BCUT2D eigenvalue weighted by Gasteiger charge is -2.36. The van der Waals surface area contributed by atoms with Gasteiger partial charge in [-0.1, -0.05) is 11.3 Å². The first-order valence-electron chi connectivity index (χ1n) is 9.10. The third kappa shape index (κ3) is 2.63. The highest BCUT2D eigenvalue weighted by atomic mass is 16.2. The van der Waals surface area contributed by atoms with Gasteiger partial charge in [0.25, 0.3) is 5.91 Å². The lowest BCUT2D eigenvalue weighted by molar-refractivity contribution is 0.0747. The van der Waals surface area contributed by atoms with Crippen molar-refractivity contribution >= 4 is 33.5 Å². The summed E-state index contributed by atoms with van der Waals surface area (Å²) in [7, 11) is 1.85. The van der Waals surface area contributed by atoms with Crippen molar-refractivity contribution in [1.29, 1.82) is 0 Å². The van der Waals surface area contributed by atoms with Crippen molar-refractivity contribution in [2.75, 3.05) is 31.1 Å². The Morgan fingerprint density at radius 3 is 2.78 bits per heavy atom. The molecule has 5 rings (SSSR count). The van der Waals surface area contributed by atoms with Crippen LogP contribution in [0.2, 0.25) is 0 Å². The van der Waals surface area contributed by atoms with Gasteiger partial charge in [0.1, 0.15) is 5.52 Å². The van der Waals surface area contributed by atoms with Gasteiger partial charge in [-0.15, -0.1) is 5.10 Å². The predicted octanol–water partition coefficient (Wildman–Crippen LogP) is 2.41. The highest BCUT2D eigenvalue weighted by Crippen LogP contribution is 2.27. The van der Waals surface area contributed by atoms with Gasteiger partial charge < -0.3 is 14.8 Å². The van der Waals surface area contributed by atoms with Crippen molar-refractivity contribution in [2.24, 2.45) is 7.05 Å². The van der Waals surface area contributed by atoms with E-state index in [-0.39, 0.29) is 5.91 Å². The number of piperazine rings is 1. The molecule has 4 aromatic rings. The maximum atomic E-state index is 12.9. The number of amides is 1. The number of anilines is 1. The van der Waals surface area contributed by atoms with Crippen LogP contribution in [0.25, 0.3) is 21.9 Å². The van der Waals surface area contributed by atoms with Gasteiger partial charge >= 0.3 is 0 Å². The van der Waals surface area contributed by atoms with E-state index in [9.17, 15) is 4.79 Å². The van der Waals surface area contributed by atoms with Crippen LogP contribution in [0.4, 0.5) is 5.69 Å². The number of nitrogens with zero attached hydrogens (tertiary/aromatic N) is 5. The lowest BCUT2D eigenvalue weighted by Crippen LogP contribution is -2.48. The zero-order valence-electron chi connectivity index (χ0n) is 15.1. The Morgan fingerprint density at radius 2 is 1.93 bits per heavy atom. The summed E-state index contributed by atoms with van der Waals surface area (Å²) in [5, 5.41) is 9.35. The van der Waals surface area contributed by atoms with Crippen molar-refractivity contribution in [1.82, 2.24) is 24.9 Å². The summed E-state index contributed by atoms with van der Waals surface area (Å²) in [6.07, 6.45) is 1.97. The molecular formula is C20H20N6O. The number of hydrogen-bond acceptors (Lipinski definition) is 4. The minimum absolute atomic E-state index is 0.0575. The number of aryl methyl sites for hydroxylation is 1. The molecule has 2 aromatic heterocycles. The molecule has 1 aliphatic rings. The van der Waals surface area contributed by atoms with Gasteiger partial charge in [-0.05, 0) is 36.4 Å². The van der Waals surface area contributed by atoms with Gasteiger partial charge in [0.05, 0.1) is 5.52 Å². The summed E-state index contributed by atoms with van der Waals surface area (Å²) in [6, 6.07) is 14.0. The second kappa shape index (κ2) is 6.12. The van der Waals surface area contributed by atoms with Gasteiger partial charge in [-0.25, -0.2) is 4.68 Å². The monoisotopic (exact) mass is 360 g/mol. The molecule has 7 heteroatoms. The number of carbonyl (C=O) groups is 1. The van der Waals surface area contributed by atoms with E-state index >= 15 is 0 Å². The number of H-pyrrole nitrogens is 1. The first-order chi connectivity index (χ1) is 13.2. The average molecular weight is 360 g/mol. The molecule has 0 radical (unpaired) electrons. The third-order valence-corrected chi connectivity index (χ3v) is 5.34. The zero-order valence-corrected chi connectivity index (χ0v) is 15.1. The van der Waals surface area contributed by atoms with Gasteiger partial charge in [-0.3, -0.25) is 4.79 Å². The smallest absolute Gasteiger partial charge is 0.254 e. The van der Waals surface area contributed by atoms with Gasteiger partial charge in [-0.2, -0.15) is 0 Å². The van der Waals surface area contributed by atoms with Gasteiger partial charge in [0.2, 0.25) is 0 Å². The van der Waals surface area contributed by atoms with E-state index in [0.717, 1.165) is 29.6 Å². The topological polar surface area (TPSA) is 70.1 Å². The number of nitrogens with one attached hydrogen (secondary N) is 1.